The molecule has 1 aliphatic heterocycles. The summed E-state index contributed by atoms with van der Waals surface area (Å²) in [6, 6.07) is 12.1. The van der Waals surface area contributed by atoms with Gasteiger partial charge in [-0.2, -0.15) is 0 Å². The van der Waals surface area contributed by atoms with E-state index in [0.717, 1.165) is 60.7 Å². The second-order valence-corrected chi connectivity index (χ2v) is 7.72. The van der Waals surface area contributed by atoms with Crippen molar-refractivity contribution in [2.24, 2.45) is 10.9 Å². The molecule has 1 aromatic carbocycles. The Morgan fingerprint density at radius 2 is 2.04 bits per heavy atom. The first-order chi connectivity index (χ1) is 13.7. The Hall–Kier alpha value is -2.28. The number of halogens is 1. The Bertz CT molecular complexity index is 767. The van der Waals surface area contributed by atoms with Crippen LogP contribution in [0.1, 0.15) is 24.2 Å². The van der Waals surface area contributed by atoms with Crippen LogP contribution in [0.25, 0.3) is 0 Å². The summed E-state index contributed by atoms with van der Waals surface area (Å²) in [6.07, 6.45) is 4.05. The maximum atomic E-state index is 11.8. The molecular formula is C21H26BrN3O3. The Morgan fingerprint density at radius 1 is 1.29 bits per heavy atom. The quantitative estimate of drug-likeness (QED) is 0.416. The fourth-order valence-electron chi connectivity index (χ4n) is 3.27. The summed E-state index contributed by atoms with van der Waals surface area (Å²) in [4.78, 5) is 18.8. The van der Waals surface area contributed by atoms with E-state index in [1.165, 1.54) is 7.11 Å². The molecule has 0 saturated carbocycles. The van der Waals surface area contributed by atoms with E-state index in [1.54, 1.807) is 6.26 Å². The van der Waals surface area contributed by atoms with Gasteiger partial charge in [0.1, 0.15) is 5.76 Å². The summed E-state index contributed by atoms with van der Waals surface area (Å²) < 4.78 is 11.4. The van der Waals surface area contributed by atoms with Crippen molar-refractivity contribution in [3.63, 3.8) is 0 Å². The number of piperidine rings is 1. The molecule has 0 unspecified atom stereocenters. The van der Waals surface area contributed by atoms with E-state index >= 15 is 0 Å². The largest absolute Gasteiger partial charge is 0.469 e. The number of nitrogens with one attached hydrogen (secondary N) is 1. The van der Waals surface area contributed by atoms with E-state index in [-0.39, 0.29) is 11.9 Å². The summed E-state index contributed by atoms with van der Waals surface area (Å²) in [5.41, 5.74) is 1.15. The lowest BCUT2D eigenvalue weighted by Gasteiger charge is -2.33. The maximum absolute atomic E-state index is 11.8. The highest BCUT2D eigenvalue weighted by molar-refractivity contribution is 9.10. The van der Waals surface area contributed by atoms with E-state index < -0.39 is 0 Å². The fourth-order valence-corrected chi connectivity index (χ4v) is 3.53. The van der Waals surface area contributed by atoms with E-state index in [9.17, 15) is 4.79 Å². The van der Waals surface area contributed by atoms with Crippen LogP contribution in [0.2, 0.25) is 0 Å². The molecule has 1 N–H and O–H groups in total. The van der Waals surface area contributed by atoms with Crippen LogP contribution in [0, 0.1) is 5.92 Å². The molecule has 1 saturated heterocycles. The minimum absolute atomic E-state index is 0.0166. The predicted octanol–water partition coefficient (Wildman–Crippen LogP) is 3.62. The SMILES string of the molecule is COC(=O)C1CCN(C(=NCc2ccc(Br)cc2)NCCc2ccco2)CC1. The van der Waals surface area contributed by atoms with Gasteiger partial charge in [0.25, 0.3) is 0 Å². The molecule has 7 heteroatoms. The molecule has 0 spiro atoms. The molecule has 6 nitrogen and oxygen atoms in total. The third-order valence-corrected chi connectivity index (χ3v) is 5.42. The highest BCUT2D eigenvalue weighted by Crippen LogP contribution is 2.19. The molecule has 1 aliphatic rings. The number of methoxy groups -OCH3 is 1. The van der Waals surface area contributed by atoms with Gasteiger partial charge >= 0.3 is 5.97 Å². The summed E-state index contributed by atoms with van der Waals surface area (Å²) in [7, 11) is 1.45. The Kier molecular flexibility index (Phi) is 7.54. The topological polar surface area (TPSA) is 67.1 Å². The van der Waals surface area contributed by atoms with Crippen LogP contribution in [0.15, 0.2) is 56.5 Å². The van der Waals surface area contributed by atoms with Gasteiger partial charge in [0.15, 0.2) is 5.96 Å². The number of benzene rings is 1. The summed E-state index contributed by atoms with van der Waals surface area (Å²) >= 11 is 3.46. The number of rotatable bonds is 6. The molecule has 2 aromatic rings. The zero-order chi connectivity index (χ0) is 19.8. The first-order valence-corrected chi connectivity index (χ1v) is 10.3. The molecule has 150 valence electrons. The van der Waals surface area contributed by atoms with Crippen molar-refractivity contribution >= 4 is 27.9 Å². The summed E-state index contributed by atoms with van der Waals surface area (Å²) in [5, 5.41) is 3.46. The number of carbonyl (C=O) groups is 1. The molecule has 0 radical (unpaired) electrons. The van der Waals surface area contributed by atoms with Gasteiger partial charge in [0.2, 0.25) is 0 Å². The predicted molar refractivity (Wildman–Crippen MR) is 112 cm³/mol. The molecule has 3 rings (SSSR count). The second-order valence-electron chi connectivity index (χ2n) is 6.81. The number of likely N-dealkylation sites (tertiary alicyclic amines) is 1. The maximum Gasteiger partial charge on any atom is 0.308 e. The first kappa shape index (κ1) is 20.5. The average molecular weight is 448 g/mol. The van der Waals surface area contributed by atoms with Crippen LogP contribution >= 0.6 is 15.9 Å². The first-order valence-electron chi connectivity index (χ1n) is 9.53. The zero-order valence-electron chi connectivity index (χ0n) is 16.1. The van der Waals surface area contributed by atoms with E-state index in [2.05, 4.69) is 38.3 Å². The lowest BCUT2D eigenvalue weighted by Crippen LogP contribution is -2.47. The van der Waals surface area contributed by atoms with Crippen molar-refractivity contribution in [3.05, 3.63) is 58.5 Å². The Morgan fingerprint density at radius 3 is 2.68 bits per heavy atom. The smallest absolute Gasteiger partial charge is 0.308 e. The number of aliphatic imine (C=N–C) groups is 1. The number of nitrogens with zero attached hydrogens (tertiary/aromatic N) is 2. The van der Waals surface area contributed by atoms with Gasteiger partial charge in [-0.25, -0.2) is 4.99 Å². The van der Waals surface area contributed by atoms with Crippen molar-refractivity contribution in [1.29, 1.82) is 0 Å². The van der Waals surface area contributed by atoms with Crippen molar-refractivity contribution in [2.45, 2.75) is 25.8 Å². The normalized spacial score (nSPS) is 15.5. The number of esters is 1. The number of guanidine groups is 1. The van der Waals surface area contributed by atoms with Gasteiger partial charge < -0.3 is 19.4 Å². The lowest BCUT2D eigenvalue weighted by molar-refractivity contribution is -0.146. The highest BCUT2D eigenvalue weighted by atomic mass is 79.9. The molecule has 0 bridgehead atoms. The van der Waals surface area contributed by atoms with Crippen LogP contribution in [-0.4, -0.2) is 43.6 Å². The number of hydrogen-bond acceptors (Lipinski definition) is 4. The zero-order valence-corrected chi connectivity index (χ0v) is 17.7. The monoisotopic (exact) mass is 447 g/mol. The molecule has 2 heterocycles. The average Bonchev–Trinajstić information content (AvgIpc) is 3.25. The second kappa shape index (κ2) is 10.3. The van der Waals surface area contributed by atoms with Crippen molar-refractivity contribution in [1.82, 2.24) is 10.2 Å². The van der Waals surface area contributed by atoms with Crippen LogP contribution in [0.3, 0.4) is 0 Å². The van der Waals surface area contributed by atoms with Gasteiger partial charge in [-0.15, -0.1) is 0 Å². The number of furan rings is 1. The van der Waals surface area contributed by atoms with Crippen molar-refractivity contribution in [2.75, 3.05) is 26.7 Å². The van der Waals surface area contributed by atoms with Gasteiger partial charge in [-0.1, -0.05) is 28.1 Å². The Balaban J connectivity index is 1.62. The van der Waals surface area contributed by atoms with E-state index in [4.69, 9.17) is 14.1 Å². The minimum atomic E-state index is -0.112. The van der Waals surface area contributed by atoms with Gasteiger partial charge in [0.05, 0.1) is 25.8 Å². The molecule has 1 aromatic heterocycles. The highest BCUT2D eigenvalue weighted by Gasteiger charge is 2.27. The van der Waals surface area contributed by atoms with Crippen LogP contribution in [0.4, 0.5) is 0 Å². The van der Waals surface area contributed by atoms with Gasteiger partial charge in [0, 0.05) is 30.5 Å². The standard InChI is InChI=1S/C21H26BrN3O3/c1-27-20(26)17-9-12-25(13-10-17)21(23-11-8-19-3-2-14-28-19)24-15-16-4-6-18(22)7-5-16/h2-7,14,17H,8-13,15H2,1H3,(H,23,24). The van der Waals surface area contributed by atoms with Crippen LogP contribution in [-0.2, 0) is 22.5 Å². The Labute approximate surface area is 174 Å². The van der Waals surface area contributed by atoms with Crippen LogP contribution in [0.5, 0.6) is 0 Å². The fraction of sp³-hybridized carbons (Fsp3) is 0.429. The minimum Gasteiger partial charge on any atom is -0.469 e. The third-order valence-electron chi connectivity index (χ3n) is 4.89. The number of hydrogen-bond donors (Lipinski definition) is 1. The molecule has 0 amide bonds. The third kappa shape index (κ3) is 5.86. The van der Waals surface area contributed by atoms with Gasteiger partial charge in [-0.3, -0.25) is 4.79 Å². The summed E-state index contributed by atoms with van der Waals surface area (Å²) in [6.45, 7) is 2.91. The summed E-state index contributed by atoms with van der Waals surface area (Å²) in [5.74, 6) is 1.69. The van der Waals surface area contributed by atoms with E-state index in [1.807, 2.05) is 24.3 Å². The number of ether oxygens (including phenoxy) is 1. The molecule has 0 aliphatic carbocycles. The molecule has 1 fully saturated rings. The van der Waals surface area contributed by atoms with Crippen LogP contribution < -0.4 is 5.32 Å². The lowest BCUT2D eigenvalue weighted by atomic mass is 9.97. The van der Waals surface area contributed by atoms with Gasteiger partial charge in [-0.05, 0) is 42.7 Å². The van der Waals surface area contributed by atoms with Crippen molar-refractivity contribution < 1.29 is 13.9 Å². The molecule has 0 atom stereocenters. The molecule has 28 heavy (non-hydrogen) atoms. The van der Waals surface area contributed by atoms with Crippen molar-refractivity contribution in [3.8, 4) is 0 Å². The van der Waals surface area contributed by atoms with E-state index in [0.29, 0.717) is 6.54 Å². The number of carbonyl (C=O) groups excluding carboxylic acids is 1. The molecular weight excluding hydrogens is 422 g/mol.